The zero-order valence-corrected chi connectivity index (χ0v) is 12.3. The SMILES string of the molecule is C[C@H]1C[C@](C#N)(COCc2ccccc2)OC(C)(C)O1. The van der Waals surface area contributed by atoms with Gasteiger partial charge in [-0.25, -0.2) is 0 Å². The van der Waals surface area contributed by atoms with Gasteiger partial charge >= 0.3 is 0 Å². The van der Waals surface area contributed by atoms with Gasteiger partial charge in [0, 0.05) is 6.42 Å². The van der Waals surface area contributed by atoms with Gasteiger partial charge in [-0.1, -0.05) is 30.3 Å². The molecule has 1 fully saturated rings. The van der Waals surface area contributed by atoms with Crippen LogP contribution in [0.4, 0.5) is 0 Å². The highest BCUT2D eigenvalue weighted by molar-refractivity contribution is 5.13. The topological polar surface area (TPSA) is 51.5 Å². The molecule has 1 aromatic carbocycles. The number of nitrogens with zero attached hydrogens (tertiary/aromatic N) is 1. The van der Waals surface area contributed by atoms with Gasteiger partial charge in [-0.2, -0.15) is 5.26 Å². The summed E-state index contributed by atoms with van der Waals surface area (Å²) in [5, 5.41) is 9.48. The monoisotopic (exact) mass is 275 g/mol. The van der Waals surface area contributed by atoms with Gasteiger partial charge in [0.1, 0.15) is 6.07 Å². The van der Waals surface area contributed by atoms with Crippen molar-refractivity contribution in [3.05, 3.63) is 35.9 Å². The van der Waals surface area contributed by atoms with E-state index in [2.05, 4.69) is 6.07 Å². The molecule has 4 nitrogen and oxygen atoms in total. The molecule has 0 unspecified atom stereocenters. The van der Waals surface area contributed by atoms with E-state index < -0.39 is 11.4 Å². The van der Waals surface area contributed by atoms with Gasteiger partial charge in [0.15, 0.2) is 11.4 Å². The Morgan fingerprint density at radius 2 is 2.05 bits per heavy atom. The second-order valence-corrected chi connectivity index (χ2v) is 5.72. The fourth-order valence-corrected chi connectivity index (χ4v) is 2.62. The lowest BCUT2D eigenvalue weighted by Gasteiger charge is -2.43. The largest absolute Gasteiger partial charge is 0.373 e. The van der Waals surface area contributed by atoms with Gasteiger partial charge in [-0.3, -0.25) is 0 Å². The molecule has 0 spiro atoms. The summed E-state index contributed by atoms with van der Waals surface area (Å²) in [6.07, 6.45) is 0.487. The number of ether oxygens (including phenoxy) is 3. The van der Waals surface area contributed by atoms with Crippen LogP contribution in [0.15, 0.2) is 30.3 Å². The van der Waals surface area contributed by atoms with Crippen LogP contribution in [0.1, 0.15) is 32.8 Å². The molecular formula is C16H21NO3. The second kappa shape index (κ2) is 5.92. The maximum Gasteiger partial charge on any atom is 0.183 e. The zero-order valence-electron chi connectivity index (χ0n) is 12.3. The van der Waals surface area contributed by atoms with E-state index in [0.29, 0.717) is 13.0 Å². The highest BCUT2D eigenvalue weighted by Gasteiger charge is 2.45. The van der Waals surface area contributed by atoms with E-state index in [1.165, 1.54) is 0 Å². The number of hydrogen-bond acceptors (Lipinski definition) is 4. The first-order chi connectivity index (χ1) is 9.45. The third kappa shape index (κ3) is 3.80. The molecule has 20 heavy (non-hydrogen) atoms. The predicted octanol–water partition coefficient (Wildman–Crippen LogP) is 3.03. The molecule has 0 aromatic heterocycles. The summed E-state index contributed by atoms with van der Waals surface area (Å²) in [5.74, 6) is -0.760. The van der Waals surface area contributed by atoms with Crippen LogP contribution in [0, 0.1) is 11.3 Å². The Hall–Kier alpha value is -1.41. The summed E-state index contributed by atoms with van der Waals surface area (Å²) >= 11 is 0. The molecule has 0 N–H and O–H groups in total. The van der Waals surface area contributed by atoms with Gasteiger partial charge in [0.05, 0.1) is 19.3 Å². The maximum atomic E-state index is 9.48. The van der Waals surface area contributed by atoms with Crippen LogP contribution in [0.2, 0.25) is 0 Å². The zero-order chi connectivity index (χ0) is 14.6. The lowest BCUT2D eigenvalue weighted by molar-refractivity contribution is -0.323. The van der Waals surface area contributed by atoms with Gasteiger partial charge in [-0.15, -0.1) is 0 Å². The van der Waals surface area contributed by atoms with Crippen LogP contribution in [-0.2, 0) is 20.8 Å². The Labute approximate surface area is 120 Å². The number of benzene rings is 1. The first-order valence-corrected chi connectivity index (χ1v) is 6.86. The molecule has 2 rings (SSSR count). The van der Waals surface area contributed by atoms with Crippen molar-refractivity contribution in [2.24, 2.45) is 0 Å². The Bertz CT molecular complexity index is 480. The highest BCUT2D eigenvalue weighted by Crippen LogP contribution is 2.34. The van der Waals surface area contributed by atoms with Crippen LogP contribution >= 0.6 is 0 Å². The Balaban J connectivity index is 1.96. The molecular weight excluding hydrogens is 254 g/mol. The van der Waals surface area contributed by atoms with Crippen LogP contribution in [-0.4, -0.2) is 24.1 Å². The van der Waals surface area contributed by atoms with E-state index in [9.17, 15) is 5.26 Å². The average Bonchev–Trinajstić information content (AvgIpc) is 2.37. The van der Waals surface area contributed by atoms with E-state index in [4.69, 9.17) is 14.2 Å². The fourth-order valence-electron chi connectivity index (χ4n) is 2.62. The van der Waals surface area contributed by atoms with Crippen molar-refractivity contribution in [1.82, 2.24) is 0 Å². The lowest BCUT2D eigenvalue weighted by atomic mass is 9.96. The van der Waals surface area contributed by atoms with E-state index in [1.807, 2.05) is 51.1 Å². The van der Waals surface area contributed by atoms with Crippen molar-refractivity contribution in [3.63, 3.8) is 0 Å². The number of nitriles is 1. The summed E-state index contributed by atoms with van der Waals surface area (Å²) in [6, 6.07) is 12.2. The molecule has 0 bridgehead atoms. The average molecular weight is 275 g/mol. The first-order valence-electron chi connectivity index (χ1n) is 6.86. The molecule has 1 aliphatic heterocycles. The summed E-state index contributed by atoms with van der Waals surface area (Å²) in [4.78, 5) is 0. The smallest absolute Gasteiger partial charge is 0.183 e. The molecule has 0 saturated carbocycles. The van der Waals surface area contributed by atoms with Gasteiger partial charge in [0.2, 0.25) is 0 Å². The molecule has 1 aromatic rings. The molecule has 2 atom stereocenters. The van der Waals surface area contributed by atoms with E-state index in [1.54, 1.807) is 0 Å². The minimum absolute atomic E-state index is 0.0290. The molecule has 0 amide bonds. The summed E-state index contributed by atoms with van der Waals surface area (Å²) in [7, 11) is 0. The number of hydrogen-bond donors (Lipinski definition) is 0. The Morgan fingerprint density at radius 1 is 1.35 bits per heavy atom. The van der Waals surface area contributed by atoms with E-state index in [0.717, 1.165) is 5.56 Å². The van der Waals surface area contributed by atoms with Crippen molar-refractivity contribution >= 4 is 0 Å². The lowest BCUT2D eigenvalue weighted by Crippen LogP contribution is -2.53. The van der Waals surface area contributed by atoms with Crippen LogP contribution < -0.4 is 0 Å². The van der Waals surface area contributed by atoms with Gasteiger partial charge < -0.3 is 14.2 Å². The summed E-state index contributed by atoms with van der Waals surface area (Å²) in [5.41, 5.74) is 0.149. The van der Waals surface area contributed by atoms with Crippen molar-refractivity contribution < 1.29 is 14.2 Å². The third-order valence-corrected chi connectivity index (χ3v) is 3.19. The molecule has 4 heteroatoms. The predicted molar refractivity (Wildman–Crippen MR) is 74.8 cm³/mol. The summed E-state index contributed by atoms with van der Waals surface area (Å²) < 4.78 is 17.2. The quantitative estimate of drug-likeness (QED) is 0.847. The summed E-state index contributed by atoms with van der Waals surface area (Å²) in [6.45, 7) is 6.32. The van der Waals surface area contributed by atoms with E-state index >= 15 is 0 Å². The maximum absolute atomic E-state index is 9.48. The Morgan fingerprint density at radius 3 is 2.65 bits per heavy atom. The molecule has 1 heterocycles. The van der Waals surface area contributed by atoms with E-state index in [-0.39, 0.29) is 12.7 Å². The van der Waals surface area contributed by atoms with Crippen LogP contribution in [0.25, 0.3) is 0 Å². The van der Waals surface area contributed by atoms with Crippen molar-refractivity contribution in [1.29, 1.82) is 5.26 Å². The minimum Gasteiger partial charge on any atom is -0.373 e. The minimum atomic E-state index is -0.935. The van der Waals surface area contributed by atoms with Crippen molar-refractivity contribution in [3.8, 4) is 6.07 Å². The second-order valence-electron chi connectivity index (χ2n) is 5.72. The third-order valence-electron chi connectivity index (χ3n) is 3.19. The van der Waals surface area contributed by atoms with Gasteiger partial charge in [-0.05, 0) is 26.3 Å². The van der Waals surface area contributed by atoms with Crippen molar-refractivity contribution in [2.45, 2.75) is 51.3 Å². The Kier molecular flexibility index (Phi) is 4.44. The molecule has 1 aliphatic rings. The molecule has 108 valence electrons. The first kappa shape index (κ1) is 15.0. The molecule has 0 aliphatic carbocycles. The van der Waals surface area contributed by atoms with Crippen LogP contribution in [0.5, 0.6) is 0 Å². The highest BCUT2D eigenvalue weighted by atomic mass is 16.7. The van der Waals surface area contributed by atoms with Gasteiger partial charge in [0.25, 0.3) is 0 Å². The molecule has 0 radical (unpaired) electrons. The van der Waals surface area contributed by atoms with Crippen molar-refractivity contribution in [2.75, 3.05) is 6.61 Å². The number of rotatable bonds is 4. The fraction of sp³-hybridized carbons (Fsp3) is 0.562. The van der Waals surface area contributed by atoms with Crippen LogP contribution in [0.3, 0.4) is 0 Å². The standard InChI is InChI=1S/C16H21NO3/c1-13-9-16(11-17,20-15(2,3)19-13)12-18-10-14-7-5-4-6-8-14/h4-8,13H,9-10,12H2,1-3H3/t13-,16-/m0/s1. The normalized spacial score (nSPS) is 28.8. The molecule has 1 saturated heterocycles.